The van der Waals surface area contributed by atoms with E-state index >= 15 is 0 Å². The molecule has 0 saturated carbocycles. The van der Waals surface area contributed by atoms with E-state index in [1.54, 1.807) is 30.5 Å². The minimum atomic E-state index is -0.228. The maximum Gasteiger partial charge on any atom is 0.255 e. The van der Waals surface area contributed by atoms with Crippen LogP contribution in [0.3, 0.4) is 0 Å². The number of rotatable bonds is 9. The van der Waals surface area contributed by atoms with Crippen molar-refractivity contribution in [2.75, 3.05) is 36.5 Å². The Labute approximate surface area is 176 Å². The van der Waals surface area contributed by atoms with E-state index < -0.39 is 0 Å². The van der Waals surface area contributed by atoms with Crippen molar-refractivity contribution in [2.24, 2.45) is 0 Å². The number of nitrogens with zero attached hydrogens (tertiary/aromatic N) is 1. The van der Waals surface area contributed by atoms with Gasteiger partial charge in [-0.25, -0.2) is 0 Å². The van der Waals surface area contributed by atoms with Crippen molar-refractivity contribution in [1.82, 2.24) is 10.3 Å². The fourth-order valence-corrected chi connectivity index (χ4v) is 2.97. The monoisotopic (exact) mass is 405 g/mol. The van der Waals surface area contributed by atoms with Gasteiger partial charge in [-0.15, -0.1) is 0 Å². The van der Waals surface area contributed by atoms with Crippen molar-refractivity contribution < 1.29 is 9.53 Å². The second-order valence-corrected chi connectivity index (χ2v) is 6.77. The molecule has 2 aromatic carbocycles. The summed E-state index contributed by atoms with van der Waals surface area (Å²) in [4.78, 5) is 17.0. The second-order valence-electron chi connectivity index (χ2n) is 6.77. The first-order valence-corrected chi connectivity index (χ1v) is 9.87. The van der Waals surface area contributed by atoms with Crippen LogP contribution in [0.5, 0.6) is 0 Å². The SMILES string of the molecule is CCOCCNCc1cnc(-c2ccc(C(=O)Nc3ccccc3N)cc2)c(N)c1. The molecule has 7 heteroatoms. The number of pyridine rings is 1. The van der Waals surface area contributed by atoms with Gasteiger partial charge < -0.3 is 26.8 Å². The fourth-order valence-electron chi connectivity index (χ4n) is 2.97. The number of para-hydroxylation sites is 2. The number of nitrogens with two attached hydrogens (primary N) is 2. The highest BCUT2D eigenvalue weighted by Crippen LogP contribution is 2.25. The minimum Gasteiger partial charge on any atom is -0.397 e. The summed E-state index contributed by atoms with van der Waals surface area (Å²) >= 11 is 0. The van der Waals surface area contributed by atoms with Crippen LogP contribution in [0, 0.1) is 0 Å². The number of aromatic nitrogens is 1. The summed E-state index contributed by atoms with van der Waals surface area (Å²) in [5.41, 5.74) is 16.9. The first-order valence-electron chi connectivity index (χ1n) is 9.87. The van der Waals surface area contributed by atoms with Crippen molar-refractivity contribution in [3.8, 4) is 11.3 Å². The quantitative estimate of drug-likeness (QED) is 0.321. The van der Waals surface area contributed by atoms with Crippen molar-refractivity contribution in [1.29, 1.82) is 0 Å². The molecule has 1 amide bonds. The topological polar surface area (TPSA) is 115 Å². The Morgan fingerprint density at radius 1 is 1.07 bits per heavy atom. The van der Waals surface area contributed by atoms with Crippen LogP contribution in [0.1, 0.15) is 22.8 Å². The van der Waals surface area contributed by atoms with E-state index in [-0.39, 0.29) is 5.91 Å². The van der Waals surface area contributed by atoms with Gasteiger partial charge >= 0.3 is 0 Å². The molecule has 0 atom stereocenters. The Bertz CT molecular complexity index is 989. The van der Waals surface area contributed by atoms with E-state index in [1.807, 2.05) is 37.3 Å². The van der Waals surface area contributed by atoms with Crippen LogP contribution >= 0.6 is 0 Å². The first kappa shape index (κ1) is 21.3. The second kappa shape index (κ2) is 10.4. The van der Waals surface area contributed by atoms with E-state index in [0.29, 0.717) is 48.1 Å². The maximum atomic E-state index is 12.5. The molecule has 6 N–H and O–H groups in total. The smallest absolute Gasteiger partial charge is 0.255 e. The average molecular weight is 406 g/mol. The normalized spacial score (nSPS) is 10.7. The number of hydrogen-bond acceptors (Lipinski definition) is 6. The first-order chi connectivity index (χ1) is 14.6. The lowest BCUT2D eigenvalue weighted by Crippen LogP contribution is -2.19. The maximum absolute atomic E-state index is 12.5. The van der Waals surface area contributed by atoms with Crippen LogP contribution in [-0.4, -0.2) is 30.6 Å². The predicted octanol–water partition coefficient (Wildman–Crippen LogP) is 3.29. The van der Waals surface area contributed by atoms with Crippen molar-refractivity contribution in [3.05, 3.63) is 71.9 Å². The van der Waals surface area contributed by atoms with E-state index in [2.05, 4.69) is 15.6 Å². The number of benzene rings is 2. The van der Waals surface area contributed by atoms with Gasteiger partial charge in [-0.05, 0) is 42.8 Å². The van der Waals surface area contributed by atoms with Crippen molar-refractivity contribution >= 4 is 23.0 Å². The zero-order valence-corrected chi connectivity index (χ0v) is 17.0. The molecule has 0 bridgehead atoms. The molecule has 0 aliphatic carbocycles. The molecule has 3 rings (SSSR count). The van der Waals surface area contributed by atoms with Gasteiger partial charge in [-0.2, -0.15) is 0 Å². The van der Waals surface area contributed by atoms with Gasteiger partial charge in [0.05, 0.1) is 29.4 Å². The number of nitrogen functional groups attached to an aromatic ring is 2. The number of anilines is 3. The van der Waals surface area contributed by atoms with Crippen LogP contribution < -0.4 is 22.1 Å². The number of nitrogens with one attached hydrogen (secondary N) is 2. The molecule has 0 aliphatic heterocycles. The third-order valence-corrected chi connectivity index (χ3v) is 4.56. The van der Waals surface area contributed by atoms with Gasteiger partial charge in [0.2, 0.25) is 0 Å². The third-order valence-electron chi connectivity index (χ3n) is 4.56. The molecule has 0 spiro atoms. The lowest BCUT2D eigenvalue weighted by atomic mass is 10.1. The van der Waals surface area contributed by atoms with E-state index in [9.17, 15) is 4.79 Å². The minimum absolute atomic E-state index is 0.228. The van der Waals surface area contributed by atoms with Gasteiger partial charge in [0, 0.05) is 37.0 Å². The Kier molecular flexibility index (Phi) is 7.37. The summed E-state index contributed by atoms with van der Waals surface area (Å²) in [5, 5.41) is 6.11. The van der Waals surface area contributed by atoms with Crippen LogP contribution in [-0.2, 0) is 11.3 Å². The van der Waals surface area contributed by atoms with E-state index in [1.165, 1.54) is 0 Å². The molecule has 0 aliphatic rings. The van der Waals surface area contributed by atoms with Gasteiger partial charge in [0.25, 0.3) is 5.91 Å². The lowest BCUT2D eigenvalue weighted by molar-refractivity contribution is 0.102. The zero-order chi connectivity index (χ0) is 21.3. The number of amides is 1. The Balaban J connectivity index is 1.64. The molecule has 0 saturated heterocycles. The summed E-state index contributed by atoms with van der Waals surface area (Å²) in [7, 11) is 0. The molecular weight excluding hydrogens is 378 g/mol. The van der Waals surface area contributed by atoms with Crippen LogP contribution in [0.4, 0.5) is 17.1 Å². The van der Waals surface area contributed by atoms with Crippen molar-refractivity contribution in [3.63, 3.8) is 0 Å². The highest BCUT2D eigenvalue weighted by atomic mass is 16.5. The van der Waals surface area contributed by atoms with Crippen LogP contribution in [0.25, 0.3) is 11.3 Å². The lowest BCUT2D eigenvalue weighted by Gasteiger charge is -2.10. The predicted molar refractivity (Wildman–Crippen MR) is 121 cm³/mol. The molecule has 7 nitrogen and oxygen atoms in total. The summed E-state index contributed by atoms with van der Waals surface area (Å²) < 4.78 is 5.30. The van der Waals surface area contributed by atoms with E-state index in [0.717, 1.165) is 17.7 Å². The number of carbonyl (C=O) groups excluding carboxylic acids is 1. The Hall–Kier alpha value is -3.42. The number of ether oxygens (including phenoxy) is 1. The third kappa shape index (κ3) is 5.56. The standard InChI is InChI=1S/C23H27N5O2/c1-2-30-12-11-26-14-16-13-20(25)22(27-15-16)17-7-9-18(10-8-17)23(29)28-21-6-4-3-5-19(21)24/h3-10,13,15,26H,2,11-12,14,24-25H2,1H3,(H,28,29). The molecule has 1 aromatic heterocycles. The summed E-state index contributed by atoms with van der Waals surface area (Å²) in [6.07, 6.45) is 1.80. The number of hydrogen-bond donors (Lipinski definition) is 4. The summed E-state index contributed by atoms with van der Waals surface area (Å²) in [5.74, 6) is -0.228. The molecule has 30 heavy (non-hydrogen) atoms. The highest BCUT2D eigenvalue weighted by molar-refractivity contribution is 6.06. The molecule has 0 unspecified atom stereocenters. The Morgan fingerprint density at radius 2 is 1.83 bits per heavy atom. The molecule has 1 heterocycles. The zero-order valence-electron chi connectivity index (χ0n) is 17.0. The molecule has 156 valence electrons. The van der Waals surface area contributed by atoms with Gasteiger partial charge in [-0.3, -0.25) is 9.78 Å². The summed E-state index contributed by atoms with van der Waals surface area (Å²) in [6.45, 7) is 4.81. The average Bonchev–Trinajstić information content (AvgIpc) is 2.75. The molecular formula is C23H27N5O2. The van der Waals surface area contributed by atoms with Crippen LogP contribution in [0.2, 0.25) is 0 Å². The van der Waals surface area contributed by atoms with Gasteiger partial charge in [0.1, 0.15) is 0 Å². The highest BCUT2D eigenvalue weighted by Gasteiger charge is 2.10. The molecule has 0 fully saturated rings. The summed E-state index contributed by atoms with van der Waals surface area (Å²) in [6, 6.07) is 16.2. The van der Waals surface area contributed by atoms with Crippen LogP contribution in [0.15, 0.2) is 60.8 Å². The van der Waals surface area contributed by atoms with Crippen molar-refractivity contribution in [2.45, 2.75) is 13.5 Å². The van der Waals surface area contributed by atoms with Gasteiger partial charge in [0.15, 0.2) is 0 Å². The van der Waals surface area contributed by atoms with Gasteiger partial charge in [-0.1, -0.05) is 24.3 Å². The largest absolute Gasteiger partial charge is 0.397 e. The Morgan fingerprint density at radius 3 is 2.53 bits per heavy atom. The number of carbonyl (C=O) groups is 1. The molecule has 3 aromatic rings. The molecule has 0 radical (unpaired) electrons. The van der Waals surface area contributed by atoms with E-state index in [4.69, 9.17) is 16.2 Å². The fraction of sp³-hybridized carbons (Fsp3) is 0.217.